The number of oxime groups is 1. The number of nitrogens with zero attached hydrogens (tertiary/aromatic N) is 1. The maximum Gasteiger partial charge on any atom is 0.230 e. The third kappa shape index (κ3) is 3.32. The number of hydrogen-bond acceptors (Lipinski definition) is 5. The van der Waals surface area contributed by atoms with Crippen molar-refractivity contribution < 1.29 is 14.4 Å². The molecule has 1 N–H and O–H groups in total. The molecule has 0 bridgehead atoms. The Morgan fingerprint density at radius 2 is 2.43 bits per heavy atom. The van der Waals surface area contributed by atoms with E-state index in [-0.39, 0.29) is 12.0 Å². The summed E-state index contributed by atoms with van der Waals surface area (Å²) >= 11 is 1.51. The highest BCUT2D eigenvalue weighted by atomic mass is 32.2. The zero-order valence-corrected chi connectivity index (χ0v) is 12.7. The zero-order valence-electron chi connectivity index (χ0n) is 11.9. The minimum absolute atomic E-state index is 0.0363. The Morgan fingerprint density at radius 1 is 1.52 bits per heavy atom. The number of rotatable bonds is 5. The Morgan fingerprint density at radius 3 is 3.29 bits per heavy atom. The van der Waals surface area contributed by atoms with Crippen LogP contribution in [0.4, 0.5) is 0 Å². The number of nitrogens with one attached hydrogen (secondary N) is 1. The van der Waals surface area contributed by atoms with E-state index >= 15 is 0 Å². The average Bonchev–Trinajstić information content (AvgIpc) is 3.13. The molecule has 2 aliphatic heterocycles. The van der Waals surface area contributed by atoms with Gasteiger partial charge in [-0.15, -0.1) is 0 Å². The maximum atomic E-state index is 11.4. The molecule has 1 amide bonds. The topological polar surface area (TPSA) is 59.9 Å². The lowest BCUT2D eigenvalue weighted by molar-refractivity contribution is -0.119. The summed E-state index contributed by atoms with van der Waals surface area (Å²) in [5.41, 5.74) is 3.25. The van der Waals surface area contributed by atoms with Gasteiger partial charge < -0.3 is 14.9 Å². The SMILES string of the molecule is CSCC(=O)NCC1CC(c2ccc3c(c2)CCO3)=NO1. The molecular weight excluding hydrogens is 288 g/mol. The van der Waals surface area contributed by atoms with E-state index in [1.54, 1.807) is 0 Å². The van der Waals surface area contributed by atoms with Crippen molar-refractivity contribution in [1.29, 1.82) is 0 Å². The summed E-state index contributed by atoms with van der Waals surface area (Å²) in [4.78, 5) is 16.8. The predicted molar refractivity (Wildman–Crippen MR) is 83.1 cm³/mol. The molecule has 3 rings (SSSR count). The second kappa shape index (κ2) is 6.39. The quantitative estimate of drug-likeness (QED) is 0.897. The van der Waals surface area contributed by atoms with Gasteiger partial charge in [-0.25, -0.2) is 0 Å². The van der Waals surface area contributed by atoms with Crippen molar-refractivity contribution in [2.45, 2.75) is 18.9 Å². The van der Waals surface area contributed by atoms with E-state index in [9.17, 15) is 4.79 Å². The van der Waals surface area contributed by atoms with Crippen LogP contribution in [0.15, 0.2) is 23.4 Å². The Kier molecular flexibility index (Phi) is 4.34. The molecule has 0 aliphatic carbocycles. The van der Waals surface area contributed by atoms with E-state index in [1.165, 1.54) is 17.3 Å². The van der Waals surface area contributed by atoms with Crippen molar-refractivity contribution in [3.63, 3.8) is 0 Å². The molecule has 1 aromatic carbocycles. The van der Waals surface area contributed by atoms with Gasteiger partial charge in [-0.3, -0.25) is 4.79 Å². The molecule has 0 saturated heterocycles. The van der Waals surface area contributed by atoms with Crippen molar-refractivity contribution >= 4 is 23.4 Å². The third-order valence-corrected chi connectivity index (χ3v) is 4.11. The second-order valence-electron chi connectivity index (χ2n) is 5.13. The van der Waals surface area contributed by atoms with Gasteiger partial charge in [0, 0.05) is 12.8 Å². The average molecular weight is 306 g/mol. The van der Waals surface area contributed by atoms with Crippen LogP contribution in [0.3, 0.4) is 0 Å². The van der Waals surface area contributed by atoms with E-state index in [1.807, 2.05) is 18.4 Å². The Labute approximate surface area is 128 Å². The van der Waals surface area contributed by atoms with Gasteiger partial charge in [-0.1, -0.05) is 5.16 Å². The van der Waals surface area contributed by atoms with Gasteiger partial charge in [0.05, 0.1) is 24.6 Å². The number of carbonyl (C=O) groups is 1. The van der Waals surface area contributed by atoms with Crippen LogP contribution in [0.1, 0.15) is 17.5 Å². The molecule has 0 fully saturated rings. The first-order valence-corrected chi connectivity index (χ1v) is 8.40. The lowest BCUT2D eigenvalue weighted by atomic mass is 10.0. The highest BCUT2D eigenvalue weighted by Gasteiger charge is 2.24. The fourth-order valence-corrected chi connectivity index (χ4v) is 2.85. The Balaban J connectivity index is 1.55. The fraction of sp³-hybridized carbons (Fsp3) is 0.467. The lowest BCUT2D eigenvalue weighted by Gasteiger charge is -2.09. The van der Waals surface area contributed by atoms with Crippen molar-refractivity contribution in [3.05, 3.63) is 29.3 Å². The van der Waals surface area contributed by atoms with Crippen LogP contribution < -0.4 is 10.1 Å². The van der Waals surface area contributed by atoms with Crippen molar-refractivity contribution in [1.82, 2.24) is 5.32 Å². The fourth-order valence-electron chi connectivity index (χ4n) is 2.48. The monoisotopic (exact) mass is 306 g/mol. The van der Waals surface area contributed by atoms with E-state index < -0.39 is 0 Å². The molecule has 5 nitrogen and oxygen atoms in total. The number of hydrogen-bond donors (Lipinski definition) is 1. The van der Waals surface area contributed by atoms with Crippen LogP contribution in [0.25, 0.3) is 0 Å². The van der Waals surface area contributed by atoms with E-state index in [4.69, 9.17) is 9.57 Å². The summed E-state index contributed by atoms with van der Waals surface area (Å²) in [5.74, 6) is 1.49. The van der Waals surface area contributed by atoms with Crippen LogP contribution in [0.5, 0.6) is 5.75 Å². The van der Waals surface area contributed by atoms with Gasteiger partial charge in [0.2, 0.25) is 5.91 Å². The number of ether oxygens (including phenoxy) is 1. The Bertz CT molecular complexity index is 574. The second-order valence-corrected chi connectivity index (χ2v) is 5.99. The highest BCUT2D eigenvalue weighted by molar-refractivity contribution is 7.99. The smallest absolute Gasteiger partial charge is 0.230 e. The number of thioether (sulfide) groups is 1. The molecule has 0 aromatic heterocycles. The molecule has 2 aliphatic rings. The van der Waals surface area contributed by atoms with Crippen LogP contribution >= 0.6 is 11.8 Å². The maximum absolute atomic E-state index is 11.4. The number of benzene rings is 1. The number of amides is 1. The molecule has 1 unspecified atom stereocenters. The molecule has 0 spiro atoms. The van der Waals surface area contributed by atoms with Gasteiger partial charge in [0.1, 0.15) is 11.9 Å². The van der Waals surface area contributed by atoms with Gasteiger partial charge in [-0.2, -0.15) is 11.8 Å². The molecule has 1 atom stereocenters. The van der Waals surface area contributed by atoms with Gasteiger partial charge >= 0.3 is 0 Å². The van der Waals surface area contributed by atoms with Gasteiger partial charge in [-0.05, 0) is 35.6 Å². The van der Waals surface area contributed by atoms with Gasteiger partial charge in [0.25, 0.3) is 0 Å². The van der Waals surface area contributed by atoms with Crippen LogP contribution in [0.2, 0.25) is 0 Å². The lowest BCUT2D eigenvalue weighted by Crippen LogP contribution is -2.33. The summed E-state index contributed by atoms with van der Waals surface area (Å²) in [6.45, 7) is 1.26. The molecule has 0 saturated carbocycles. The first kappa shape index (κ1) is 14.3. The highest BCUT2D eigenvalue weighted by Crippen LogP contribution is 2.27. The van der Waals surface area contributed by atoms with Crippen molar-refractivity contribution in [3.8, 4) is 5.75 Å². The summed E-state index contributed by atoms with van der Waals surface area (Å²) in [7, 11) is 0. The summed E-state index contributed by atoms with van der Waals surface area (Å²) in [6.07, 6.45) is 3.50. The molecular formula is C15H18N2O3S. The minimum Gasteiger partial charge on any atom is -0.493 e. The molecule has 1 aromatic rings. The molecule has 21 heavy (non-hydrogen) atoms. The summed E-state index contributed by atoms with van der Waals surface area (Å²) < 4.78 is 5.50. The minimum atomic E-state index is -0.0738. The first-order chi connectivity index (χ1) is 10.3. The van der Waals surface area contributed by atoms with Crippen LogP contribution in [-0.4, -0.2) is 42.9 Å². The molecule has 2 heterocycles. The van der Waals surface area contributed by atoms with Crippen LogP contribution in [-0.2, 0) is 16.1 Å². The predicted octanol–water partition coefficient (Wildman–Crippen LogP) is 1.59. The Hall–Kier alpha value is -1.69. The van der Waals surface area contributed by atoms with E-state index in [0.29, 0.717) is 12.3 Å². The summed E-state index contributed by atoms with van der Waals surface area (Å²) in [6, 6.07) is 6.13. The van der Waals surface area contributed by atoms with E-state index in [2.05, 4.69) is 16.5 Å². The molecule has 6 heteroatoms. The van der Waals surface area contributed by atoms with E-state index in [0.717, 1.165) is 36.5 Å². The van der Waals surface area contributed by atoms with Crippen LogP contribution in [0, 0.1) is 0 Å². The first-order valence-electron chi connectivity index (χ1n) is 7.00. The summed E-state index contributed by atoms with van der Waals surface area (Å²) in [5, 5.41) is 7.02. The number of fused-ring (bicyclic) bond motifs is 1. The van der Waals surface area contributed by atoms with Crippen molar-refractivity contribution in [2.75, 3.05) is 25.2 Å². The zero-order chi connectivity index (χ0) is 14.7. The standard InChI is InChI=1S/C15H18N2O3S/c1-21-9-15(18)16-8-12-7-13(17-20-12)10-2-3-14-11(6-10)4-5-19-14/h2-3,6,12H,4-5,7-9H2,1H3,(H,16,18). The molecule has 0 radical (unpaired) electrons. The third-order valence-electron chi connectivity index (χ3n) is 3.56. The largest absolute Gasteiger partial charge is 0.493 e. The van der Waals surface area contributed by atoms with Crippen molar-refractivity contribution in [2.24, 2.45) is 5.16 Å². The normalized spacial score (nSPS) is 19.5. The number of carbonyl (C=O) groups excluding carboxylic acids is 1. The van der Waals surface area contributed by atoms with Gasteiger partial charge in [0.15, 0.2) is 0 Å². The molecule has 112 valence electrons.